The van der Waals surface area contributed by atoms with Crippen LogP contribution >= 0.6 is 7.75 Å². The standard InChI is InChI=1S/C3H10N2O2S.C3H10N2OS.C3H10NO3P.C2H8N2O2S.C2H8N2OS.C2H7NO3S.2C2H7NO2S.C2H7NOS/c1-4-8(6,7)5(2)3;1-4-7(6)5(2)3;1-4-8(5,6-2)7-3;1-3-7(5,6)4-2;1-3-6(5)4-2;1-3-7(4,5)6-2;1-3-6(2,4)5;1-3-6(4)5-2;1-3-5(2)4/h4H,1-3H3;4H,1-3H3;1-3H3,(H,4,5);3-4H,1-2H3;3-4H,1-2H3;3H,1-2H3;2*3H,1-2H3;3H,1-2H3. The fraction of sp³-hybridized carbons (Fsp3) is 1.00. The average Bonchev–Trinajstić information content (AvgIpc) is 3.23. The van der Waals surface area contributed by atoms with Gasteiger partial charge in [-0.2, -0.15) is 34.3 Å². The molecule has 378 valence electrons. The van der Waals surface area contributed by atoms with E-state index in [1.165, 1.54) is 77.7 Å². The third-order valence-corrected chi connectivity index (χ3v) is 13.1. The second-order valence-corrected chi connectivity index (χ2v) is 23.7. The van der Waals surface area contributed by atoms with Crippen molar-refractivity contribution in [3.05, 3.63) is 0 Å². The SMILES string of the molecule is CNP(=O)(OC)OC.CNS(=O)(=O)N(C)C.CNS(=O)(=O)NC.CNS(=O)(=O)OC.CNS(=O)N(C)C.CNS(=O)NC.CNS(=O)OC.CNS(C)(=O)=O.CNS(C)=O. The summed E-state index contributed by atoms with van der Waals surface area (Å²) in [6, 6.07) is 0. The Morgan fingerprint density at radius 1 is 0.550 bits per heavy atom. The molecule has 0 fully saturated rings. The minimum absolute atomic E-state index is 0.823. The van der Waals surface area contributed by atoms with Crippen molar-refractivity contribution in [1.82, 2.24) is 60.9 Å². The molecule has 60 heavy (non-hydrogen) atoms. The van der Waals surface area contributed by atoms with Crippen LogP contribution in [0.1, 0.15) is 0 Å². The Hall–Kier alpha value is -0.0500. The third kappa shape index (κ3) is 78.4. The molecule has 0 aliphatic heterocycles. The van der Waals surface area contributed by atoms with Crippen molar-refractivity contribution >= 4 is 93.1 Å². The van der Waals surface area contributed by atoms with Crippen LogP contribution in [0.5, 0.6) is 0 Å². The summed E-state index contributed by atoms with van der Waals surface area (Å²) in [6.07, 6.45) is 2.69. The van der Waals surface area contributed by atoms with E-state index in [0.717, 1.165) is 17.7 Å². The van der Waals surface area contributed by atoms with Crippen molar-refractivity contribution in [2.24, 2.45) is 0 Å². The van der Waals surface area contributed by atoms with E-state index in [9.17, 15) is 55.1 Å². The van der Waals surface area contributed by atoms with Crippen LogP contribution in [-0.2, 0) is 107 Å². The average molecular weight is 1070 g/mol. The van der Waals surface area contributed by atoms with Crippen molar-refractivity contribution in [2.75, 3.05) is 147 Å². The Morgan fingerprint density at radius 3 is 0.900 bits per heavy atom. The summed E-state index contributed by atoms with van der Waals surface area (Å²) >= 11 is -3.31. The fourth-order valence-electron chi connectivity index (χ4n) is 0.993. The largest absolute Gasteiger partial charge is 0.404 e. The van der Waals surface area contributed by atoms with E-state index < -0.39 is 93.1 Å². The topological polar surface area (TPSA) is 398 Å². The Morgan fingerprint density at radius 2 is 0.900 bits per heavy atom. The summed E-state index contributed by atoms with van der Waals surface area (Å²) in [6.45, 7) is 0. The second-order valence-electron chi connectivity index (χ2n) is 8.50. The van der Waals surface area contributed by atoms with Gasteiger partial charge in [0.25, 0.3) is 20.4 Å². The van der Waals surface area contributed by atoms with Gasteiger partial charge >= 0.3 is 18.1 Å². The van der Waals surface area contributed by atoms with Gasteiger partial charge in [-0.05, 0) is 49.3 Å². The highest BCUT2D eigenvalue weighted by Gasteiger charge is 2.15. The second kappa shape index (κ2) is 50.0. The maximum atomic E-state index is 10.8. The molecule has 0 aromatic carbocycles. The monoisotopic (exact) mass is 1070 g/mol. The lowest BCUT2D eigenvalue weighted by Gasteiger charge is -2.09. The zero-order valence-corrected chi connectivity index (χ0v) is 45.5. The minimum Gasteiger partial charge on any atom is -0.300 e. The van der Waals surface area contributed by atoms with Crippen molar-refractivity contribution in [3.8, 4) is 0 Å². The first-order valence-corrected chi connectivity index (χ1v) is 27.9. The molecular weight excluding hydrogens is 994 g/mol. The predicted octanol–water partition coefficient (Wildman–Crippen LogP) is -6.17. The van der Waals surface area contributed by atoms with Crippen molar-refractivity contribution < 1.29 is 72.5 Å². The van der Waals surface area contributed by atoms with E-state index in [1.54, 1.807) is 59.9 Å². The van der Waals surface area contributed by atoms with E-state index in [-0.39, 0.29) is 0 Å². The molecule has 0 aromatic rings. The van der Waals surface area contributed by atoms with Crippen LogP contribution in [0.3, 0.4) is 0 Å². The highest BCUT2D eigenvalue weighted by atomic mass is 32.2. The molecule has 0 saturated carbocycles. The van der Waals surface area contributed by atoms with Gasteiger partial charge in [0.2, 0.25) is 21.3 Å². The number of hydrogen-bond donors (Lipinski definition) is 11. The highest BCUT2D eigenvalue weighted by molar-refractivity contribution is 7.88. The molecule has 0 saturated heterocycles. The summed E-state index contributed by atoms with van der Waals surface area (Å²) in [7, 11) is 11.4. The number of sulfonamides is 1. The van der Waals surface area contributed by atoms with Crippen LogP contribution in [0.2, 0.25) is 0 Å². The first kappa shape index (κ1) is 80.3. The van der Waals surface area contributed by atoms with Gasteiger partial charge in [0.05, 0.1) is 31.5 Å². The van der Waals surface area contributed by atoms with E-state index in [2.05, 4.69) is 65.0 Å². The quantitative estimate of drug-likeness (QED) is 0.0604. The first-order valence-electron chi connectivity index (χ1n) is 15.2. The fourth-order valence-corrected chi connectivity index (χ4v) is 2.98. The molecule has 0 radical (unpaired) electrons. The summed E-state index contributed by atoms with van der Waals surface area (Å²) in [5, 5.41) is 2.39. The number of rotatable bonds is 17. The first-order chi connectivity index (χ1) is 27.1. The molecule has 11 N–H and O–H groups in total. The summed E-state index contributed by atoms with van der Waals surface area (Å²) in [5.41, 5.74) is 0. The molecule has 3 atom stereocenters. The summed E-state index contributed by atoms with van der Waals surface area (Å²) in [5.74, 6) is 0. The van der Waals surface area contributed by atoms with E-state index in [0.29, 0.717) is 0 Å². The lowest BCUT2D eigenvalue weighted by atomic mass is 11.3. The molecule has 0 heterocycles. The van der Waals surface area contributed by atoms with Crippen LogP contribution in [0.4, 0.5) is 0 Å². The van der Waals surface area contributed by atoms with E-state index in [4.69, 9.17) is 0 Å². The molecule has 0 rings (SSSR count). The molecule has 0 aliphatic rings. The van der Waals surface area contributed by atoms with Gasteiger partial charge in [-0.25, -0.2) is 81.7 Å². The van der Waals surface area contributed by atoms with Gasteiger partial charge in [0.15, 0.2) is 22.3 Å². The van der Waals surface area contributed by atoms with Gasteiger partial charge < -0.3 is 9.05 Å². The zero-order valence-electron chi connectivity index (χ0n) is 38.0. The normalized spacial score (nSPS) is 12.5. The Labute approximate surface area is 371 Å². The highest BCUT2D eigenvalue weighted by Crippen LogP contribution is 2.39. The van der Waals surface area contributed by atoms with Crippen LogP contribution in [0.25, 0.3) is 0 Å². The molecule has 0 amide bonds. The molecule has 30 nitrogen and oxygen atoms in total. The third-order valence-electron chi connectivity index (χ3n) is 4.35. The van der Waals surface area contributed by atoms with Gasteiger partial charge in [-0.15, -0.1) is 0 Å². The van der Waals surface area contributed by atoms with Crippen LogP contribution in [-0.4, -0.2) is 206 Å². The molecule has 0 aromatic heterocycles. The minimum atomic E-state index is -3.41. The molecule has 39 heteroatoms. The van der Waals surface area contributed by atoms with Crippen molar-refractivity contribution in [2.45, 2.75) is 0 Å². The number of hydrogen-bond acceptors (Lipinski definition) is 17. The Bertz CT molecular complexity index is 1460. The van der Waals surface area contributed by atoms with Crippen LogP contribution < -0.4 is 52.3 Å². The molecule has 0 spiro atoms. The van der Waals surface area contributed by atoms with Crippen LogP contribution in [0, 0.1) is 0 Å². The zero-order chi connectivity index (χ0) is 50.6. The lowest BCUT2D eigenvalue weighted by molar-refractivity contribution is 0.267. The smallest absolute Gasteiger partial charge is 0.300 e. The van der Waals surface area contributed by atoms with Crippen LogP contribution in [0.15, 0.2) is 0 Å². The summed E-state index contributed by atoms with van der Waals surface area (Å²) < 4.78 is 175. The Kier molecular flexibility index (Phi) is 66.8. The Balaban J connectivity index is -0.0000000699. The van der Waals surface area contributed by atoms with Gasteiger partial charge in [-0.1, -0.05) is 0 Å². The van der Waals surface area contributed by atoms with Gasteiger partial charge in [0.1, 0.15) is 0 Å². The molecule has 0 bridgehead atoms. The van der Waals surface area contributed by atoms with E-state index >= 15 is 0 Å². The van der Waals surface area contributed by atoms with Crippen molar-refractivity contribution in [1.29, 1.82) is 0 Å². The maximum absolute atomic E-state index is 10.8. The lowest BCUT2D eigenvalue weighted by Crippen LogP contribution is -2.32. The maximum Gasteiger partial charge on any atom is 0.404 e. The molecule has 0 aliphatic carbocycles. The van der Waals surface area contributed by atoms with Crippen molar-refractivity contribution in [3.63, 3.8) is 0 Å². The number of nitrogens with one attached hydrogen (secondary N) is 11. The predicted molar refractivity (Wildman–Crippen MR) is 243 cm³/mol. The molecule has 3 unspecified atom stereocenters. The summed E-state index contributed by atoms with van der Waals surface area (Å²) in [4.78, 5) is 0. The van der Waals surface area contributed by atoms with Gasteiger partial charge in [-0.3, -0.25) is 8.37 Å². The molecular formula is C21H74N13O17PS8. The van der Waals surface area contributed by atoms with Gasteiger partial charge in [0, 0.05) is 76.9 Å². The number of nitrogens with zero attached hydrogens (tertiary/aromatic N) is 2. The van der Waals surface area contributed by atoms with E-state index in [1.807, 2.05) is 4.72 Å².